The molecule has 0 radical (unpaired) electrons. The van der Waals surface area contributed by atoms with Gasteiger partial charge in [-0.3, -0.25) is 9.59 Å². The summed E-state index contributed by atoms with van der Waals surface area (Å²) in [7, 11) is 1.46. The zero-order chi connectivity index (χ0) is 27.3. The lowest BCUT2D eigenvalue weighted by atomic mass is 9.47. The maximum absolute atomic E-state index is 11.5. The molecule has 0 unspecified atom stereocenters. The van der Waals surface area contributed by atoms with Gasteiger partial charge in [0.1, 0.15) is 6.10 Å². The molecule has 3 saturated carbocycles. The van der Waals surface area contributed by atoms with Crippen molar-refractivity contribution in [3.8, 4) is 0 Å². The van der Waals surface area contributed by atoms with Crippen LogP contribution in [0.5, 0.6) is 0 Å². The number of hydrogen-bond donors (Lipinski definition) is 1. The van der Waals surface area contributed by atoms with Crippen LogP contribution in [0, 0.1) is 40.4 Å². The minimum atomic E-state index is -0.129. The quantitative estimate of drug-likeness (QED) is 0.164. The van der Waals surface area contributed by atoms with E-state index in [0.29, 0.717) is 17.3 Å². The van der Waals surface area contributed by atoms with Gasteiger partial charge in [0.05, 0.1) is 7.11 Å². The molecular formula is C33H55NO4. The largest absolute Gasteiger partial charge is 0.469 e. The zero-order valence-electron chi connectivity index (χ0n) is 25.0. The molecule has 216 valence electrons. The molecule has 0 aliphatic heterocycles. The maximum atomic E-state index is 11.5. The zero-order valence-corrected chi connectivity index (χ0v) is 25.0. The van der Waals surface area contributed by atoms with Gasteiger partial charge in [-0.15, -0.1) is 0 Å². The van der Waals surface area contributed by atoms with Crippen molar-refractivity contribution < 1.29 is 19.1 Å². The highest BCUT2D eigenvalue weighted by molar-refractivity contribution is 5.69. The number of methoxy groups -OCH3 is 1. The van der Waals surface area contributed by atoms with Crippen molar-refractivity contribution >= 4 is 11.9 Å². The predicted molar refractivity (Wildman–Crippen MR) is 152 cm³/mol. The van der Waals surface area contributed by atoms with Gasteiger partial charge < -0.3 is 14.8 Å². The SMILES string of the molecule is COC(=O)CCCCCNCCC[C@@H](C)[C@H]1CC[C@H]2[C@@H]3CC=C4C[C@@H](OC(C)=O)CC[C@]4(C)[C@H]3CC[C@]12C. The number of allylic oxidation sites excluding steroid dienone is 1. The van der Waals surface area contributed by atoms with Crippen LogP contribution in [-0.2, 0) is 19.1 Å². The fraction of sp³-hybridized carbons (Fsp3) is 0.879. The Morgan fingerprint density at radius 3 is 2.58 bits per heavy atom. The second kappa shape index (κ2) is 12.9. The number of fused-ring (bicyclic) bond motifs is 5. The fourth-order valence-electron chi connectivity index (χ4n) is 9.61. The van der Waals surface area contributed by atoms with Gasteiger partial charge in [-0.05, 0) is 124 Å². The van der Waals surface area contributed by atoms with E-state index in [1.165, 1.54) is 58.5 Å². The van der Waals surface area contributed by atoms with Crippen molar-refractivity contribution in [2.75, 3.05) is 20.2 Å². The van der Waals surface area contributed by atoms with Crippen LogP contribution in [0.4, 0.5) is 0 Å². The lowest BCUT2D eigenvalue weighted by molar-refractivity contribution is -0.148. The van der Waals surface area contributed by atoms with E-state index < -0.39 is 0 Å². The van der Waals surface area contributed by atoms with Crippen molar-refractivity contribution in [3.05, 3.63) is 11.6 Å². The standard InChI is InChI=1S/C33H55NO4/c1-23(10-9-21-34-20-8-6-7-11-31(36)37-5)28-14-15-29-27-13-12-25-22-26(38-24(2)35)16-18-32(25,3)30(27)17-19-33(28,29)4/h12,23,26-30,34H,6-11,13-22H2,1-5H3/t23-,26+,27+,28-,29+,30+,32+,33-/m1/s1. The molecule has 0 spiro atoms. The average Bonchev–Trinajstić information content (AvgIpc) is 3.24. The predicted octanol–water partition coefficient (Wildman–Crippen LogP) is 7.24. The lowest BCUT2D eigenvalue weighted by Crippen LogP contribution is -2.51. The van der Waals surface area contributed by atoms with Gasteiger partial charge in [-0.25, -0.2) is 0 Å². The molecule has 3 fully saturated rings. The first-order valence-corrected chi connectivity index (χ1v) is 15.8. The minimum absolute atomic E-state index is 0.0921. The Hall–Kier alpha value is -1.36. The molecule has 5 nitrogen and oxygen atoms in total. The van der Waals surface area contributed by atoms with E-state index in [4.69, 9.17) is 9.47 Å². The van der Waals surface area contributed by atoms with Crippen LogP contribution in [0.2, 0.25) is 0 Å². The molecule has 0 bridgehead atoms. The normalized spacial score (nSPS) is 36.9. The van der Waals surface area contributed by atoms with E-state index in [0.717, 1.165) is 74.8 Å². The van der Waals surface area contributed by atoms with E-state index in [1.54, 1.807) is 12.5 Å². The molecule has 8 atom stereocenters. The van der Waals surface area contributed by atoms with Gasteiger partial charge in [-0.2, -0.15) is 0 Å². The number of rotatable bonds is 12. The van der Waals surface area contributed by atoms with Crippen molar-refractivity contribution in [1.29, 1.82) is 0 Å². The lowest BCUT2D eigenvalue weighted by Gasteiger charge is -2.58. The highest BCUT2D eigenvalue weighted by Crippen LogP contribution is 2.67. The van der Waals surface area contributed by atoms with Gasteiger partial charge in [0.25, 0.3) is 0 Å². The Morgan fingerprint density at radius 1 is 1.03 bits per heavy atom. The van der Waals surface area contributed by atoms with E-state index in [1.807, 2.05) is 0 Å². The summed E-state index contributed by atoms with van der Waals surface area (Å²) in [5.41, 5.74) is 2.42. The summed E-state index contributed by atoms with van der Waals surface area (Å²) in [5, 5.41) is 3.63. The van der Waals surface area contributed by atoms with Gasteiger partial charge in [-0.1, -0.05) is 38.8 Å². The Bertz CT molecular complexity index is 854. The van der Waals surface area contributed by atoms with E-state index >= 15 is 0 Å². The number of nitrogens with one attached hydrogen (secondary N) is 1. The molecule has 0 aromatic rings. The van der Waals surface area contributed by atoms with Crippen molar-refractivity contribution in [1.82, 2.24) is 5.32 Å². The number of carbonyl (C=O) groups excluding carboxylic acids is 2. The summed E-state index contributed by atoms with van der Waals surface area (Å²) in [5.74, 6) is 3.96. The molecule has 0 aromatic heterocycles. The van der Waals surface area contributed by atoms with E-state index in [9.17, 15) is 9.59 Å². The molecule has 0 amide bonds. The fourth-order valence-corrected chi connectivity index (χ4v) is 9.61. The van der Waals surface area contributed by atoms with Crippen molar-refractivity contribution in [2.45, 2.75) is 124 Å². The summed E-state index contributed by atoms with van der Waals surface area (Å²) >= 11 is 0. The molecule has 1 N–H and O–H groups in total. The average molecular weight is 530 g/mol. The van der Waals surface area contributed by atoms with Gasteiger partial charge in [0.15, 0.2) is 0 Å². The van der Waals surface area contributed by atoms with E-state index in [-0.39, 0.29) is 18.0 Å². The van der Waals surface area contributed by atoms with Crippen molar-refractivity contribution in [2.24, 2.45) is 40.4 Å². The molecule has 38 heavy (non-hydrogen) atoms. The topological polar surface area (TPSA) is 64.6 Å². The van der Waals surface area contributed by atoms with Crippen LogP contribution in [0.25, 0.3) is 0 Å². The Labute approximate surface area is 232 Å². The molecule has 5 heteroatoms. The maximum Gasteiger partial charge on any atom is 0.305 e. The summed E-state index contributed by atoms with van der Waals surface area (Å²) in [6, 6.07) is 0. The first-order chi connectivity index (χ1) is 18.2. The van der Waals surface area contributed by atoms with Crippen LogP contribution in [0.1, 0.15) is 118 Å². The minimum Gasteiger partial charge on any atom is -0.469 e. The number of unbranched alkanes of at least 4 members (excludes halogenated alkanes) is 2. The summed E-state index contributed by atoms with van der Waals surface area (Å²) in [4.78, 5) is 22.7. The van der Waals surface area contributed by atoms with Crippen LogP contribution >= 0.6 is 0 Å². The summed E-state index contributed by atoms with van der Waals surface area (Å²) in [6.07, 6.45) is 19.0. The number of esters is 2. The highest BCUT2D eigenvalue weighted by atomic mass is 16.5. The second-order valence-corrected chi connectivity index (χ2v) is 13.7. The van der Waals surface area contributed by atoms with Gasteiger partial charge in [0.2, 0.25) is 0 Å². The third-order valence-corrected chi connectivity index (χ3v) is 11.6. The molecule has 4 aliphatic carbocycles. The second-order valence-electron chi connectivity index (χ2n) is 13.7. The smallest absolute Gasteiger partial charge is 0.305 e. The molecule has 4 aliphatic rings. The molecule has 4 rings (SSSR count). The number of carbonyl (C=O) groups is 2. The summed E-state index contributed by atoms with van der Waals surface area (Å²) in [6.45, 7) is 11.5. The summed E-state index contributed by atoms with van der Waals surface area (Å²) < 4.78 is 10.3. The number of hydrogen-bond acceptors (Lipinski definition) is 5. The van der Waals surface area contributed by atoms with Crippen LogP contribution in [0.3, 0.4) is 0 Å². The van der Waals surface area contributed by atoms with E-state index in [2.05, 4.69) is 32.2 Å². The van der Waals surface area contributed by atoms with Crippen LogP contribution in [0.15, 0.2) is 11.6 Å². The Balaban J connectivity index is 1.24. The molecule has 0 aromatic carbocycles. The molecular weight excluding hydrogens is 474 g/mol. The van der Waals surface area contributed by atoms with Gasteiger partial charge >= 0.3 is 11.9 Å². The highest BCUT2D eigenvalue weighted by Gasteiger charge is 2.59. The first-order valence-electron chi connectivity index (χ1n) is 15.8. The Morgan fingerprint density at radius 2 is 1.82 bits per heavy atom. The van der Waals surface area contributed by atoms with Crippen LogP contribution in [-0.4, -0.2) is 38.2 Å². The van der Waals surface area contributed by atoms with Crippen LogP contribution < -0.4 is 5.32 Å². The Kier molecular flexibility index (Phi) is 10.0. The monoisotopic (exact) mass is 529 g/mol. The third-order valence-electron chi connectivity index (χ3n) is 11.6. The molecule has 0 heterocycles. The third kappa shape index (κ3) is 6.34. The molecule has 0 saturated heterocycles. The number of ether oxygens (including phenoxy) is 2. The van der Waals surface area contributed by atoms with Gasteiger partial charge in [0, 0.05) is 19.8 Å². The first kappa shape index (κ1) is 29.6. The van der Waals surface area contributed by atoms with Crippen molar-refractivity contribution in [3.63, 3.8) is 0 Å².